The van der Waals surface area contributed by atoms with Crippen LogP contribution in [0.3, 0.4) is 0 Å². The third-order valence-corrected chi connectivity index (χ3v) is 1.95. The maximum Gasteiger partial charge on any atom is 0.269 e. The van der Waals surface area contributed by atoms with E-state index in [1.165, 1.54) is 31.2 Å². The molecule has 1 aromatic rings. The molecule has 82 valence electrons. The van der Waals surface area contributed by atoms with Crippen molar-refractivity contribution in [3.8, 4) is 12.3 Å². The van der Waals surface area contributed by atoms with Gasteiger partial charge in [-0.15, -0.1) is 6.42 Å². The molecule has 0 spiro atoms. The first-order chi connectivity index (χ1) is 7.54. The van der Waals surface area contributed by atoms with Gasteiger partial charge in [0.25, 0.3) is 5.69 Å². The number of nitro benzene ring substituents is 1. The number of benzene rings is 1. The van der Waals surface area contributed by atoms with E-state index in [-0.39, 0.29) is 11.6 Å². The maximum absolute atomic E-state index is 10.8. The molecule has 1 aromatic carbocycles. The van der Waals surface area contributed by atoms with E-state index in [9.17, 15) is 14.9 Å². The minimum absolute atomic E-state index is 0.0117. The molecule has 0 aliphatic carbocycles. The Balaban J connectivity index is 2.91. The van der Waals surface area contributed by atoms with Crippen LogP contribution in [0.5, 0.6) is 0 Å². The smallest absolute Gasteiger partial charge is 0.269 e. The van der Waals surface area contributed by atoms with E-state index in [1.807, 2.05) is 0 Å². The molecule has 0 fully saturated rings. The van der Waals surface area contributed by atoms with Crippen molar-refractivity contribution in [3.63, 3.8) is 0 Å². The molecule has 16 heavy (non-hydrogen) atoms. The fraction of sp³-hybridized carbons (Fsp3) is 0.182. The van der Waals surface area contributed by atoms with Crippen molar-refractivity contribution in [1.29, 1.82) is 0 Å². The van der Waals surface area contributed by atoms with E-state index in [0.717, 1.165) is 0 Å². The zero-order chi connectivity index (χ0) is 12.1. The molecule has 1 amide bonds. The summed E-state index contributed by atoms with van der Waals surface area (Å²) in [6.45, 7) is 1.36. The van der Waals surface area contributed by atoms with E-state index in [0.29, 0.717) is 5.56 Å². The van der Waals surface area contributed by atoms with Crippen LogP contribution >= 0.6 is 0 Å². The lowest BCUT2D eigenvalue weighted by Gasteiger charge is -2.11. The van der Waals surface area contributed by atoms with E-state index < -0.39 is 11.0 Å². The Morgan fingerprint density at radius 3 is 2.44 bits per heavy atom. The van der Waals surface area contributed by atoms with Crippen LogP contribution in [-0.4, -0.2) is 10.8 Å². The van der Waals surface area contributed by atoms with Gasteiger partial charge < -0.3 is 5.32 Å². The van der Waals surface area contributed by atoms with Crippen molar-refractivity contribution in [2.24, 2.45) is 0 Å². The summed E-state index contributed by atoms with van der Waals surface area (Å²) in [4.78, 5) is 20.8. The molecule has 0 aromatic heterocycles. The molecule has 1 atom stereocenters. The third-order valence-electron chi connectivity index (χ3n) is 1.95. The van der Waals surface area contributed by atoms with Gasteiger partial charge in [0.2, 0.25) is 5.91 Å². The largest absolute Gasteiger partial charge is 0.339 e. The second-order valence-corrected chi connectivity index (χ2v) is 3.15. The van der Waals surface area contributed by atoms with Crippen LogP contribution in [-0.2, 0) is 4.79 Å². The quantitative estimate of drug-likeness (QED) is 0.473. The molecule has 0 radical (unpaired) electrons. The number of nitro groups is 1. The Morgan fingerprint density at radius 2 is 2.06 bits per heavy atom. The van der Waals surface area contributed by atoms with E-state index >= 15 is 0 Å². The number of non-ortho nitro benzene ring substituents is 1. The van der Waals surface area contributed by atoms with E-state index in [2.05, 4.69) is 11.2 Å². The van der Waals surface area contributed by atoms with Gasteiger partial charge in [0.1, 0.15) is 6.04 Å². The number of hydrogen-bond acceptors (Lipinski definition) is 3. The fourth-order valence-electron chi connectivity index (χ4n) is 1.21. The minimum Gasteiger partial charge on any atom is -0.339 e. The summed E-state index contributed by atoms with van der Waals surface area (Å²) in [7, 11) is 0. The average molecular weight is 218 g/mol. The van der Waals surface area contributed by atoms with Crippen molar-refractivity contribution in [2.75, 3.05) is 0 Å². The molecule has 0 saturated heterocycles. The second kappa shape index (κ2) is 4.94. The van der Waals surface area contributed by atoms with Gasteiger partial charge in [-0.05, 0) is 17.7 Å². The Morgan fingerprint density at radius 1 is 1.50 bits per heavy atom. The number of hydrogen-bond donors (Lipinski definition) is 1. The van der Waals surface area contributed by atoms with Gasteiger partial charge in [0, 0.05) is 19.1 Å². The van der Waals surface area contributed by atoms with E-state index in [1.54, 1.807) is 0 Å². The second-order valence-electron chi connectivity index (χ2n) is 3.15. The summed E-state index contributed by atoms with van der Waals surface area (Å²) in [5, 5.41) is 13.0. The van der Waals surface area contributed by atoms with Crippen LogP contribution in [0.2, 0.25) is 0 Å². The van der Waals surface area contributed by atoms with Crippen LogP contribution in [0.4, 0.5) is 5.69 Å². The molecule has 0 aliphatic rings. The number of amides is 1. The normalized spacial score (nSPS) is 11.2. The zero-order valence-electron chi connectivity index (χ0n) is 8.64. The van der Waals surface area contributed by atoms with Crippen molar-refractivity contribution < 1.29 is 9.72 Å². The summed E-state index contributed by atoms with van der Waals surface area (Å²) in [5.74, 6) is 2.15. The van der Waals surface area contributed by atoms with Gasteiger partial charge >= 0.3 is 0 Å². The molecule has 0 saturated carbocycles. The maximum atomic E-state index is 10.8. The molecule has 0 heterocycles. The lowest BCUT2D eigenvalue weighted by Crippen LogP contribution is -2.24. The highest BCUT2D eigenvalue weighted by atomic mass is 16.6. The first kappa shape index (κ1) is 11.7. The van der Waals surface area contributed by atoms with Crippen LogP contribution in [0.15, 0.2) is 24.3 Å². The summed E-state index contributed by atoms with van der Waals surface area (Å²) in [6, 6.07) is 5.19. The highest BCUT2D eigenvalue weighted by Gasteiger charge is 2.11. The van der Waals surface area contributed by atoms with Gasteiger partial charge in [0.05, 0.1) is 4.92 Å². The third kappa shape index (κ3) is 2.82. The molecule has 5 nitrogen and oxygen atoms in total. The van der Waals surface area contributed by atoms with Gasteiger partial charge in [-0.25, -0.2) is 0 Å². The predicted molar refractivity (Wildman–Crippen MR) is 58.5 cm³/mol. The highest BCUT2D eigenvalue weighted by Crippen LogP contribution is 2.17. The van der Waals surface area contributed by atoms with Crippen LogP contribution in [0.1, 0.15) is 18.5 Å². The van der Waals surface area contributed by atoms with Crippen molar-refractivity contribution in [3.05, 3.63) is 39.9 Å². The number of nitrogens with zero attached hydrogens (tertiary/aromatic N) is 1. The average Bonchev–Trinajstić information content (AvgIpc) is 2.25. The van der Waals surface area contributed by atoms with Crippen molar-refractivity contribution >= 4 is 11.6 Å². The molecular weight excluding hydrogens is 208 g/mol. The summed E-state index contributed by atoms with van der Waals surface area (Å²) >= 11 is 0. The summed E-state index contributed by atoms with van der Waals surface area (Å²) in [6.07, 6.45) is 5.25. The number of carbonyl (C=O) groups is 1. The topological polar surface area (TPSA) is 72.2 Å². The molecular formula is C11H10N2O3. The first-order valence-electron chi connectivity index (χ1n) is 4.52. The van der Waals surface area contributed by atoms with E-state index in [4.69, 9.17) is 6.42 Å². The Bertz CT molecular complexity index is 445. The van der Waals surface area contributed by atoms with Gasteiger partial charge in [0.15, 0.2) is 0 Å². The monoisotopic (exact) mass is 218 g/mol. The fourth-order valence-corrected chi connectivity index (χ4v) is 1.21. The van der Waals surface area contributed by atoms with Crippen molar-refractivity contribution in [2.45, 2.75) is 13.0 Å². The summed E-state index contributed by atoms with van der Waals surface area (Å²) in [5.41, 5.74) is 0.630. The summed E-state index contributed by atoms with van der Waals surface area (Å²) < 4.78 is 0. The number of nitrogens with one attached hydrogen (secondary N) is 1. The predicted octanol–water partition coefficient (Wildman–Crippen LogP) is 1.41. The van der Waals surface area contributed by atoms with Crippen LogP contribution in [0, 0.1) is 22.5 Å². The SMILES string of the molecule is C#CC(NC(C)=O)c1ccc([N+](=O)[O-])cc1. The standard InChI is InChI=1S/C11H10N2O3/c1-3-11(12-8(2)14)9-4-6-10(7-5-9)13(15)16/h1,4-7,11H,2H3,(H,12,14). The Hall–Kier alpha value is -2.35. The number of carbonyl (C=O) groups excluding carboxylic acids is 1. The molecule has 5 heteroatoms. The minimum atomic E-state index is -0.557. The lowest BCUT2D eigenvalue weighted by molar-refractivity contribution is -0.384. The number of rotatable bonds is 3. The number of terminal acetylenes is 1. The lowest BCUT2D eigenvalue weighted by atomic mass is 10.1. The molecule has 1 N–H and O–H groups in total. The van der Waals surface area contributed by atoms with Crippen molar-refractivity contribution in [1.82, 2.24) is 5.32 Å². The van der Waals surface area contributed by atoms with Gasteiger partial charge in [-0.2, -0.15) is 0 Å². The Kier molecular flexibility index (Phi) is 3.62. The van der Waals surface area contributed by atoms with Gasteiger partial charge in [-0.3, -0.25) is 14.9 Å². The molecule has 0 aliphatic heterocycles. The Labute approximate surface area is 92.6 Å². The molecule has 0 bridgehead atoms. The van der Waals surface area contributed by atoms with Crippen LogP contribution in [0.25, 0.3) is 0 Å². The molecule has 1 unspecified atom stereocenters. The zero-order valence-corrected chi connectivity index (χ0v) is 8.64. The molecule has 1 rings (SSSR count). The van der Waals surface area contributed by atoms with Gasteiger partial charge in [-0.1, -0.05) is 5.92 Å². The highest BCUT2D eigenvalue weighted by molar-refractivity contribution is 5.74. The van der Waals surface area contributed by atoms with Crippen LogP contribution < -0.4 is 5.32 Å². The first-order valence-corrected chi connectivity index (χ1v) is 4.52.